The van der Waals surface area contributed by atoms with Crippen LogP contribution >= 0.6 is 11.6 Å². The Balaban J connectivity index is 1.99. The Bertz CT molecular complexity index is 1320. The monoisotopic (exact) mass is 494 g/mol. The van der Waals surface area contributed by atoms with Crippen LogP contribution in [0.1, 0.15) is 32.0 Å². The van der Waals surface area contributed by atoms with E-state index < -0.39 is 31.5 Å². The van der Waals surface area contributed by atoms with Crippen LogP contribution in [0, 0.1) is 0 Å². The SMILES string of the molecule is CC[C@@H](Nc1c(Nc2ccc(Cl)c(S(=O)(=O)N(CC)OC)c2O)c(=O)c1=O)c1ccccn1. The normalized spacial score (nSPS) is 12.8. The van der Waals surface area contributed by atoms with E-state index >= 15 is 0 Å². The van der Waals surface area contributed by atoms with Crippen LogP contribution in [0.4, 0.5) is 17.1 Å². The fraction of sp³-hybridized carbons (Fsp3) is 0.286. The smallest absolute Gasteiger partial charge is 0.270 e. The molecule has 1 atom stereocenters. The number of hydrogen-bond acceptors (Lipinski definition) is 9. The van der Waals surface area contributed by atoms with Crippen molar-refractivity contribution in [3.8, 4) is 5.75 Å². The van der Waals surface area contributed by atoms with E-state index in [0.717, 1.165) is 0 Å². The molecule has 0 unspecified atom stereocenters. The second-order valence-corrected chi connectivity index (χ2v) is 9.15. The Hall–Kier alpha value is -2.99. The molecule has 3 rings (SSSR count). The number of nitrogens with one attached hydrogen (secondary N) is 2. The molecule has 0 fully saturated rings. The highest BCUT2D eigenvalue weighted by Crippen LogP contribution is 2.40. The van der Waals surface area contributed by atoms with Gasteiger partial charge >= 0.3 is 0 Å². The van der Waals surface area contributed by atoms with Crippen LogP contribution < -0.4 is 21.5 Å². The van der Waals surface area contributed by atoms with Gasteiger partial charge in [-0.25, -0.2) is 8.42 Å². The molecule has 12 heteroatoms. The molecule has 0 aliphatic carbocycles. The van der Waals surface area contributed by atoms with Gasteiger partial charge in [-0.3, -0.25) is 19.4 Å². The maximum atomic E-state index is 12.9. The Kier molecular flexibility index (Phi) is 7.38. The summed E-state index contributed by atoms with van der Waals surface area (Å²) in [4.78, 5) is 33.0. The highest BCUT2D eigenvalue weighted by molar-refractivity contribution is 7.89. The molecule has 1 aromatic heterocycles. The lowest BCUT2D eigenvalue weighted by Crippen LogP contribution is -2.37. The van der Waals surface area contributed by atoms with Gasteiger partial charge in [-0.1, -0.05) is 29.1 Å². The number of anilines is 3. The first-order chi connectivity index (χ1) is 15.7. The molecule has 10 nitrogen and oxygen atoms in total. The summed E-state index contributed by atoms with van der Waals surface area (Å²) in [5.41, 5.74) is -1.06. The number of hydroxylamine groups is 1. The molecule has 3 N–H and O–H groups in total. The predicted molar refractivity (Wildman–Crippen MR) is 125 cm³/mol. The fourth-order valence-electron chi connectivity index (χ4n) is 3.32. The topological polar surface area (TPSA) is 138 Å². The summed E-state index contributed by atoms with van der Waals surface area (Å²) in [7, 11) is -3.14. The predicted octanol–water partition coefficient (Wildman–Crippen LogP) is 2.92. The number of hydrogen-bond donors (Lipinski definition) is 3. The van der Waals surface area contributed by atoms with Crippen LogP contribution in [0.25, 0.3) is 0 Å². The number of sulfonamides is 1. The third-order valence-electron chi connectivity index (χ3n) is 5.01. The maximum Gasteiger partial charge on any atom is 0.270 e. The molecular formula is C21H23ClN4O6S. The van der Waals surface area contributed by atoms with Crippen molar-refractivity contribution in [2.75, 3.05) is 24.3 Å². The van der Waals surface area contributed by atoms with Crippen molar-refractivity contribution in [3.63, 3.8) is 0 Å². The largest absolute Gasteiger partial charge is 0.504 e. The lowest BCUT2D eigenvalue weighted by atomic mass is 10.1. The molecule has 0 saturated carbocycles. The Morgan fingerprint density at radius 2 is 1.85 bits per heavy atom. The second-order valence-electron chi connectivity index (χ2n) is 6.97. The van der Waals surface area contributed by atoms with Crippen molar-refractivity contribution in [2.24, 2.45) is 0 Å². The zero-order valence-corrected chi connectivity index (χ0v) is 19.7. The zero-order chi connectivity index (χ0) is 24.3. The summed E-state index contributed by atoms with van der Waals surface area (Å²) in [5, 5.41) is 16.1. The third kappa shape index (κ3) is 4.58. The van der Waals surface area contributed by atoms with E-state index in [9.17, 15) is 23.1 Å². The van der Waals surface area contributed by atoms with Crippen molar-refractivity contribution in [2.45, 2.75) is 31.2 Å². The van der Waals surface area contributed by atoms with E-state index in [1.54, 1.807) is 31.3 Å². The van der Waals surface area contributed by atoms with Gasteiger partial charge < -0.3 is 15.7 Å². The van der Waals surface area contributed by atoms with Gasteiger partial charge in [0.1, 0.15) is 16.3 Å². The van der Waals surface area contributed by atoms with E-state index in [1.165, 1.54) is 19.2 Å². The number of halogens is 1. The average Bonchev–Trinajstić information content (AvgIpc) is 2.80. The first-order valence-corrected chi connectivity index (χ1v) is 11.8. The quantitative estimate of drug-likeness (QED) is 0.220. The van der Waals surface area contributed by atoms with Crippen LogP contribution in [0.3, 0.4) is 0 Å². The number of aromatic nitrogens is 1. The molecule has 0 aliphatic rings. The molecule has 0 amide bonds. The van der Waals surface area contributed by atoms with Crippen molar-refractivity contribution in [3.05, 3.63) is 67.7 Å². The molecule has 0 bridgehead atoms. The lowest BCUT2D eigenvalue weighted by molar-refractivity contribution is -0.0443. The van der Waals surface area contributed by atoms with E-state index in [-0.39, 0.29) is 34.7 Å². The van der Waals surface area contributed by atoms with Crippen molar-refractivity contribution >= 4 is 38.7 Å². The first kappa shape index (κ1) is 24.6. The second kappa shape index (κ2) is 9.87. The van der Waals surface area contributed by atoms with Crippen molar-refractivity contribution < 1.29 is 18.4 Å². The van der Waals surface area contributed by atoms with E-state index in [2.05, 4.69) is 15.6 Å². The number of benzene rings is 1. The number of pyridine rings is 1. The van der Waals surface area contributed by atoms with Crippen molar-refractivity contribution in [1.29, 1.82) is 0 Å². The van der Waals surface area contributed by atoms with Gasteiger partial charge in [-0.05, 0) is 37.6 Å². The standard InChI is InChI=1S/C21H23ClN4O6S/c1-4-13(14-8-6-7-11-23-14)24-16-17(20(29)19(16)28)25-15-10-9-12(22)21(18(15)27)33(30,31)26(5-2)32-3/h6-11,13,24-25,27H,4-5H2,1-3H3/t13-/m1/s1. The number of nitrogens with zero attached hydrogens (tertiary/aromatic N) is 2. The van der Waals surface area contributed by atoms with Crippen molar-refractivity contribution in [1.82, 2.24) is 9.45 Å². The van der Waals surface area contributed by atoms with Gasteiger partial charge in [0.05, 0.1) is 29.6 Å². The third-order valence-corrected chi connectivity index (χ3v) is 7.31. The first-order valence-electron chi connectivity index (χ1n) is 10.0. The molecule has 3 aromatic rings. The average molecular weight is 495 g/mol. The number of aromatic hydroxyl groups is 1. The summed E-state index contributed by atoms with van der Waals surface area (Å²) in [6, 6.07) is 7.57. The minimum Gasteiger partial charge on any atom is -0.504 e. The highest BCUT2D eigenvalue weighted by Gasteiger charge is 2.32. The van der Waals surface area contributed by atoms with Gasteiger partial charge in [-0.15, -0.1) is 0 Å². The van der Waals surface area contributed by atoms with Crippen LogP contribution in [0.15, 0.2) is 51.0 Å². The van der Waals surface area contributed by atoms with Crippen LogP contribution in [0.2, 0.25) is 5.02 Å². The molecule has 1 heterocycles. The lowest BCUT2D eigenvalue weighted by Gasteiger charge is -2.22. The molecule has 2 aromatic carbocycles. The number of phenolic OH excluding ortho intramolecular Hbond substituents is 1. The maximum absolute atomic E-state index is 12.9. The minimum absolute atomic E-state index is 0.0170. The van der Waals surface area contributed by atoms with Gasteiger partial charge in [0.25, 0.3) is 20.9 Å². The number of rotatable bonds is 10. The van der Waals surface area contributed by atoms with Crippen LogP contribution in [-0.4, -0.2) is 36.6 Å². The zero-order valence-electron chi connectivity index (χ0n) is 18.1. The van der Waals surface area contributed by atoms with Crippen LogP contribution in [0.5, 0.6) is 5.75 Å². The summed E-state index contributed by atoms with van der Waals surface area (Å²) >= 11 is 6.06. The summed E-state index contributed by atoms with van der Waals surface area (Å²) in [5.74, 6) is -0.714. The van der Waals surface area contributed by atoms with Gasteiger partial charge in [0.2, 0.25) is 0 Å². The molecule has 0 saturated heterocycles. The van der Waals surface area contributed by atoms with E-state index in [4.69, 9.17) is 16.4 Å². The molecule has 176 valence electrons. The van der Waals surface area contributed by atoms with E-state index in [1.807, 2.05) is 6.92 Å². The Morgan fingerprint density at radius 3 is 2.42 bits per heavy atom. The highest BCUT2D eigenvalue weighted by atomic mass is 35.5. The molecule has 0 aliphatic heterocycles. The molecule has 0 spiro atoms. The Labute approximate surface area is 195 Å². The summed E-state index contributed by atoms with van der Waals surface area (Å²) in [6.45, 7) is 3.40. The summed E-state index contributed by atoms with van der Waals surface area (Å²) in [6.07, 6.45) is 2.20. The molecule has 0 radical (unpaired) electrons. The van der Waals surface area contributed by atoms with Gasteiger partial charge in [0.15, 0.2) is 5.75 Å². The number of phenols is 1. The Morgan fingerprint density at radius 1 is 1.15 bits per heavy atom. The van der Waals surface area contributed by atoms with Gasteiger partial charge in [0, 0.05) is 12.7 Å². The van der Waals surface area contributed by atoms with Crippen LogP contribution in [-0.2, 0) is 14.9 Å². The minimum atomic E-state index is -4.31. The van der Waals surface area contributed by atoms with Gasteiger partial charge in [-0.2, -0.15) is 0 Å². The fourth-order valence-corrected chi connectivity index (χ4v) is 5.17. The molecule has 33 heavy (non-hydrogen) atoms. The summed E-state index contributed by atoms with van der Waals surface area (Å²) < 4.78 is 26.4. The molecular weight excluding hydrogens is 472 g/mol. The van der Waals surface area contributed by atoms with E-state index in [0.29, 0.717) is 16.6 Å².